The molecule has 0 aromatic carbocycles. The van der Waals surface area contributed by atoms with Crippen LogP contribution in [0.25, 0.3) is 0 Å². The normalized spacial score (nSPS) is 17.7. The van der Waals surface area contributed by atoms with Crippen LogP contribution in [0.15, 0.2) is 24.3 Å². The minimum absolute atomic E-state index is 0.140. The predicted molar refractivity (Wildman–Crippen MR) is 217 cm³/mol. The molecule has 0 radical (unpaired) electrons. The Bertz CT molecular complexity index is 1100. The summed E-state index contributed by atoms with van der Waals surface area (Å²) < 4.78 is 38.4. The first kappa shape index (κ1) is 50.9. The molecule has 0 spiro atoms. The molecule has 5 atom stereocenters. The van der Waals surface area contributed by atoms with Crippen molar-refractivity contribution in [3.05, 3.63) is 24.3 Å². The van der Waals surface area contributed by atoms with Gasteiger partial charge in [0.1, 0.15) is 12.6 Å². The van der Waals surface area contributed by atoms with E-state index in [2.05, 4.69) is 42.7 Å². The van der Waals surface area contributed by atoms with Gasteiger partial charge in [-0.2, -0.15) is 0 Å². The number of hydrogen-bond acceptors (Lipinski definition) is 10. The zero-order chi connectivity index (χ0) is 40.4. The lowest BCUT2D eigenvalue weighted by Gasteiger charge is -2.20. The predicted octanol–water partition coefficient (Wildman–Crippen LogP) is 10.0. The first-order chi connectivity index (χ1) is 26.6. The summed E-state index contributed by atoms with van der Waals surface area (Å²) in [6, 6.07) is -1.53. The third-order valence-electron chi connectivity index (χ3n) is 9.60. The van der Waals surface area contributed by atoms with E-state index in [4.69, 9.17) is 29.6 Å². The van der Waals surface area contributed by atoms with Crippen molar-refractivity contribution in [2.75, 3.05) is 19.8 Å². The van der Waals surface area contributed by atoms with Crippen LogP contribution in [-0.4, -0.2) is 72.1 Å². The van der Waals surface area contributed by atoms with E-state index < -0.39 is 51.1 Å². The molecule has 1 heterocycles. The van der Waals surface area contributed by atoms with Crippen molar-refractivity contribution in [1.29, 1.82) is 0 Å². The number of carbonyl (C=O) groups is 3. The lowest BCUT2D eigenvalue weighted by molar-refractivity contribution is -0.161. The maximum absolute atomic E-state index is 12.6. The molecule has 1 rings (SSSR count). The summed E-state index contributed by atoms with van der Waals surface area (Å²) in [5.74, 6) is -2.41. The lowest BCUT2D eigenvalue weighted by atomic mass is 10.1. The van der Waals surface area contributed by atoms with Crippen molar-refractivity contribution in [2.45, 2.75) is 205 Å². The van der Waals surface area contributed by atoms with Gasteiger partial charge in [0.2, 0.25) is 0 Å². The number of esters is 2. The monoisotopic (exact) mass is 802 g/mol. The Morgan fingerprint density at radius 2 is 1.15 bits per heavy atom. The van der Waals surface area contributed by atoms with Crippen molar-refractivity contribution < 1.29 is 52.2 Å². The number of rotatable bonds is 39. The molecular formula is C42H76NO11P. The van der Waals surface area contributed by atoms with Gasteiger partial charge in [0.25, 0.3) is 0 Å². The van der Waals surface area contributed by atoms with E-state index in [1.54, 1.807) is 0 Å². The topological polar surface area (TPSA) is 184 Å². The molecule has 1 saturated heterocycles. The largest absolute Gasteiger partial charge is 0.480 e. The number of ether oxygens (including phenoxy) is 3. The van der Waals surface area contributed by atoms with Crippen molar-refractivity contribution >= 4 is 25.7 Å². The van der Waals surface area contributed by atoms with Crippen LogP contribution in [0.4, 0.5) is 0 Å². The van der Waals surface area contributed by atoms with E-state index in [0.717, 1.165) is 77.0 Å². The Morgan fingerprint density at radius 3 is 1.73 bits per heavy atom. The van der Waals surface area contributed by atoms with Gasteiger partial charge in [0, 0.05) is 12.8 Å². The maximum atomic E-state index is 12.6. The maximum Gasteiger partial charge on any atom is 0.472 e. The molecule has 13 heteroatoms. The Hall–Kier alpha value is -2.08. The highest BCUT2D eigenvalue weighted by molar-refractivity contribution is 7.47. The van der Waals surface area contributed by atoms with Crippen LogP contribution >= 0.6 is 7.82 Å². The molecule has 1 aliphatic rings. The van der Waals surface area contributed by atoms with Gasteiger partial charge in [0.05, 0.1) is 25.4 Å². The molecular weight excluding hydrogens is 725 g/mol. The average molecular weight is 802 g/mol. The number of phosphoric acid groups is 1. The van der Waals surface area contributed by atoms with Gasteiger partial charge < -0.3 is 29.9 Å². The van der Waals surface area contributed by atoms with Crippen LogP contribution in [0, 0.1) is 0 Å². The van der Waals surface area contributed by atoms with Crippen LogP contribution in [0.3, 0.4) is 0 Å². The number of hydrogen-bond donors (Lipinski definition) is 3. The molecule has 0 saturated carbocycles. The van der Waals surface area contributed by atoms with E-state index in [1.807, 2.05) is 0 Å². The van der Waals surface area contributed by atoms with Gasteiger partial charge in [0.15, 0.2) is 6.10 Å². The highest BCUT2D eigenvalue weighted by atomic mass is 31.2. The SMILES string of the molecule is CCCCCCCC/C=C\CCCCCCCC(=O)OCC(COP(=O)(O)OCC(N)C(=O)O)OC(=O)CCCCCCC/C=C\CC1OC1CCCCC. The van der Waals surface area contributed by atoms with Crippen LogP contribution < -0.4 is 5.73 Å². The first-order valence-corrected chi connectivity index (χ1v) is 23.0. The van der Waals surface area contributed by atoms with Gasteiger partial charge >= 0.3 is 25.7 Å². The van der Waals surface area contributed by atoms with Crippen LogP contribution in [-0.2, 0) is 42.2 Å². The zero-order valence-corrected chi connectivity index (χ0v) is 35.1. The average Bonchev–Trinajstić information content (AvgIpc) is 3.91. The van der Waals surface area contributed by atoms with Crippen molar-refractivity contribution in [3.8, 4) is 0 Å². The van der Waals surface area contributed by atoms with Crippen LogP contribution in [0.1, 0.15) is 181 Å². The fourth-order valence-corrected chi connectivity index (χ4v) is 6.84. The smallest absolute Gasteiger partial charge is 0.472 e. The molecule has 4 N–H and O–H groups in total. The highest BCUT2D eigenvalue weighted by Gasteiger charge is 2.36. The molecule has 320 valence electrons. The summed E-state index contributed by atoms with van der Waals surface area (Å²) in [5, 5.41) is 8.88. The molecule has 0 amide bonds. The number of phosphoric ester groups is 1. The summed E-state index contributed by atoms with van der Waals surface area (Å²) in [5.41, 5.74) is 5.33. The number of nitrogens with two attached hydrogens (primary N) is 1. The van der Waals surface area contributed by atoms with E-state index in [0.29, 0.717) is 25.0 Å². The third kappa shape index (κ3) is 31.7. The lowest BCUT2D eigenvalue weighted by Crippen LogP contribution is -2.34. The summed E-state index contributed by atoms with van der Waals surface area (Å²) in [6.45, 7) is 2.74. The molecule has 55 heavy (non-hydrogen) atoms. The van der Waals surface area contributed by atoms with E-state index in [9.17, 15) is 23.8 Å². The number of carbonyl (C=O) groups excluding carboxylic acids is 2. The number of carboxylic acids is 1. The highest BCUT2D eigenvalue weighted by Crippen LogP contribution is 2.43. The zero-order valence-electron chi connectivity index (χ0n) is 34.2. The minimum Gasteiger partial charge on any atom is -0.480 e. The number of aliphatic carboxylic acids is 1. The van der Waals surface area contributed by atoms with Gasteiger partial charge in [-0.15, -0.1) is 0 Å². The minimum atomic E-state index is -4.72. The number of epoxide rings is 1. The second-order valence-electron chi connectivity index (χ2n) is 14.9. The summed E-state index contributed by atoms with van der Waals surface area (Å²) in [4.78, 5) is 45.9. The van der Waals surface area contributed by atoms with E-state index in [1.165, 1.54) is 64.2 Å². The fourth-order valence-electron chi connectivity index (χ4n) is 6.07. The molecule has 0 aliphatic carbocycles. The summed E-state index contributed by atoms with van der Waals surface area (Å²) in [6.07, 6.45) is 35.5. The summed E-state index contributed by atoms with van der Waals surface area (Å²) in [7, 11) is -4.72. The molecule has 0 bridgehead atoms. The van der Waals surface area contributed by atoms with E-state index in [-0.39, 0.29) is 19.4 Å². The molecule has 12 nitrogen and oxygen atoms in total. The quantitative estimate of drug-likeness (QED) is 0.0176. The molecule has 0 aromatic rings. The Kier molecular flexibility index (Phi) is 31.5. The van der Waals surface area contributed by atoms with Gasteiger partial charge in [-0.05, 0) is 64.2 Å². The first-order valence-electron chi connectivity index (χ1n) is 21.5. The second kappa shape index (κ2) is 34.0. The fraction of sp³-hybridized carbons (Fsp3) is 0.833. The Balaban J connectivity index is 2.29. The second-order valence-corrected chi connectivity index (χ2v) is 16.3. The standard InChI is InChI=1S/C42H76NO11P/c1-3-5-7-8-9-10-11-12-13-14-15-16-20-23-27-31-40(44)50-33-36(34-51-55(48,49)52-35-37(43)42(46)47)53-41(45)32-28-24-21-18-17-19-22-26-30-39-38(54-39)29-25-6-4-2/h12-13,22,26,36-39H,3-11,14-21,23-25,27-35,43H2,1-2H3,(H,46,47)(H,48,49)/b13-12-,26-22-. The Labute approximate surface area is 332 Å². The third-order valence-corrected chi connectivity index (χ3v) is 10.5. The van der Waals surface area contributed by atoms with E-state index >= 15 is 0 Å². The molecule has 1 aliphatic heterocycles. The van der Waals surface area contributed by atoms with Gasteiger partial charge in [-0.3, -0.25) is 23.4 Å². The van der Waals surface area contributed by atoms with Crippen LogP contribution in [0.5, 0.6) is 0 Å². The molecule has 5 unspecified atom stereocenters. The number of unbranched alkanes of at least 4 members (excludes halogenated alkanes) is 18. The van der Waals surface area contributed by atoms with Crippen LogP contribution in [0.2, 0.25) is 0 Å². The summed E-state index contributed by atoms with van der Waals surface area (Å²) >= 11 is 0. The number of carboxylic acid groups (broad SMARTS) is 1. The van der Waals surface area contributed by atoms with Crippen molar-refractivity contribution in [2.24, 2.45) is 5.73 Å². The number of allylic oxidation sites excluding steroid dienone is 3. The molecule has 1 fully saturated rings. The van der Waals surface area contributed by atoms with Gasteiger partial charge in [-0.1, -0.05) is 128 Å². The molecule has 0 aromatic heterocycles. The Morgan fingerprint density at radius 1 is 0.655 bits per heavy atom. The van der Waals surface area contributed by atoms with Gasteiger partial charge in [-0.25, -0.2) is 4.57 Å². The van der Waals surface area contributed by atoms with Crippen molar-refractivity contribution in [3.63, 3.8) is 0 Å². The van der Waals surface area contributed by atoms with Crippen molar-refractivity contribution in [1.82, 2.24) is 0 Å².